The lowest BCUT2D eigenvalue weighted by Gasteiger charge is -2.15. The van der Waals surface area contributed by atoms with Gasteiger partial charge in [0, 0.05) is 6.54 Å². The first-order valence-corrected chi connectivity index (χ1v) is 5.20. The molecule has 0 unspecified atom stereocenters. The van der Waals surface area contributed by atoms with Crippen LogP contribution in [0.25, 0.3) is 0 Å². The Labute approximate surface area is 99.4 Å². The number of carbonyl (C=O) groups excluding carboxylic acids is 1. The summed E-state index contributed by atoms with van der Waals surface area (Å²) in [5.41, 5.74) is 0.877. The van der Waals surface area contributed by atoms with Crippen LogP contribution in [0.2, 0.25) is 0 Å². The van der Waals surface area contributed by atoms with Gasteiger partial charge in [0.15, 0.2) is 0 Å². The van der Waals surface area contributed by atoms with Gasteiger partial charge >= 0.3 is 12.1 Å². The minimum absolute atomic E-state index is 0.0254. The molecule has 0 aliphatic carbocycles. The second kappa shape index (κ2) is 5.34. The maximum atomic E-state index is 12.0. The quantitative estimate of drug-likeness (QED) is 0.785. The van der Waals surface area contributed by atoms with Gasteiger partial charge in [-0.2, -0.15) is 13.2 Å². The van der Waals surface area contributed by atoms with E-state index in [4.69, 9.17) is 0 Å². The SMILES string of the molecule is O=C(N(Br)CCc1ccccc1)C(F)(F)F. The highest BCUT2D eigenvalue weighted by atomic mass is 79.9. The second-order valence-corrected chi connectivity index (χ2v) is 3.98. The number of nitrogens with zero attached hydrogens (tertiary/aromatic N) is 1. The summed E-state index contributed by atoms with van der Waals surface area (Å²) in [5.74, 6) is -1.89. The molecule has 0 atom stereocenters. The van der Waals surface area contributed by atoms with Crippen LogP contribution < -0.4 is 0 Å². The fourth-order valence-electron chi connectivity index (χ4n) is 1.11. The third-order valence-electron chi connectivity index (χ3n) is 1.90. The molecule has 0 heterocycles. The average Bonchev–Trinajstić information content (AvgIpc) is 2.25. The van der Waals surface area contributed by atoms with Crippen LogP contribution in [0.5, 0.6) is 0 Å². The Kier molecular flexibility index (Phi) is 4.35. The zero-order chi connectivity index (χ0) is 12.2. The molecule has 2 nitrogen and oxygen atoms in total. The number of benzene rings is 1. The summed E-state index contributed by atoms with van der Waals surface area (Å²) < 4.78 is 36.5. The number of rotatable bonds is 3. The molecule has 1 amide bonds. The van der Waals surface area contributed by atoms with E-state index in [-0.39, 0.29) is 6.54 Å². The fourth-order valence-corrected chi connectivity index (χ4v) is 1.49. The summed E-state index contributed by atoms with van der Waals surface area (Å²) in [6.45, 7) is -0.0254. The highest BCUT2D eigenvalue weighted by molar-refractivity contribution is 9.07. The smallest absolute Gasteiger partial charge is 0.271 e. The molecule has 0 fully saturated rings. The van der Waals surface area contributed by atoms with Crippen LogP contribution in [0.15, 0.2) is 30.3 Å². The van der Waals surface area contributed by atoms with Crippen LogP contribution in [0, 0.1) is 0 Å². The molecular formula is C10H9BrF3NO. The predicted molar refractivity (Wildman–Crippen MR) is 56.8 cm³/mol. The summed E-state index contributed by atoms with van der Waals surface area (Å²) >= 11 is 2.60. The van der Waals surface area contributed by atoms with E-state index in [0.29, 0.717) is 10.3 Å². The van der Waals surface area contributed by atoms with Gasteiger partial charge < -0.3 is 0 Å². The van der Waals surface area contributed by atoms with Gasteiger partial charge in [0.25, 0.3) is 0 Å². The van der Waals surface area contributed by atoms with Gasteiger partial charge in [0.05, 0.1) is 16.1 Å². The molecule has 0 radical (unpaired) electrons. The molecule has 0 bridgehead atoms. The van der Waals surface area contributed by atoms with Crippen LogP contribution in [0.4, 0.5) is 13.2 Å². The summed E-state index contributed by atoms with van der Waals surface area (Å²) in [6.07, 6.45) is -4.46. The Bertz CT molecular complexity index is 353. The number of hydrogen-bond acceptors (Lipinski definition) is 1. The average molecular weight is 296 g/mol. The van der Waals surface area contributed by atoms with Crippen molar-refractivity contribution in [2.45, 2.75) is 12.6 Å². The lowest BCUT2D eigenvalue weighted by Crippen LogP contribution is -2.35. The van der Waals surface area contributed by atoms with E-state index < -0.39 is 12.1 Å². The van der Waals surface area contributed by atoms with Crippen molar-refractivity contribution in [2.24, 2.45) is 0 Å². The largest absolute Gasteiger partial charge is 0.472 e. The Balaban J connectivity index is 2.48. The van der Waals surface area contributed by atoms with Crippen molar-refractivity contribution in [1.82, 2.24) is 3.93 Å². The van der Waals surface area contributed by atoms with Crippen molar-refractivity contribution in [3.63, 3.8) is 0 Å². The third kappa shape index (κ3) is 3.84. The van der Waals surface area contributed by atoms with E-state index in [1.807, 2.05) is 6.07 Å². The van der Waals surface area contributed by atoms with E-state index in [2.05, 4.69) is 16.1 Å². The summed E-state index contributed by atoms with van der Waals surface area (Å²) in [4.78, 5) is 10.7. The first kappa shape index (κ1) is 13.0. The molecule has 0 spiro atoms. The van der Waals surface area contributed by atoms with E-state index in [1.165, 1.54) is 0 Å². The van der Waals surface area contributed by atoms with Gasteiger partial charge in [0.2, 0.25) is 0 Å². The molecule has 0 saturated heterocycles. The topological polar surface area (TPSA) is 20.3 Å². The minimum atomic E-state index is -4.83. The molecule has 0 aliphatic rings. The fraction of sp³-hybridized carbons (Fsp3) is 0.300. The highest BCUT2D eigenvalue weighted by Gasteiger charge is 2.41. The summed E-state index contributed by atoms with van der Waals surface area (Å²) in [6, 6.07) is 8.98. The molecule has 6 heteroatoms. The molecule has 1 rings (SSSR count). The maximum absolute atomic E-state index is 12.0. The van der Waals surface area contributed by atoms with Crippen LogP contribution >= 0.6 is 16.1 Å². The molecular weight excluding hydrogens is 287 g/mol. The van der Waals surface area contributed by atoms with E-state index in [0.717, 1.165) is 5.56 Å². The lowest BCUT2D eigenvalue weighted by molar-refractivity contribution is -0.179. The van der Waals surface area contributed by atoms with Gasteiger partial charge in [-0.25, -0.2) is 0 Å². The zero-order valence-electron chi connectivity index (χ0n) is 8.17. The Morgan fingerprint density at radius 2 is 1.81 bits per heavy atom. The number of carbonyl (C=O) groups is 1. The second-order valence-electron chi connectivity index (χ2n) is 3.12. The standard InChI is InChI=1S/C10H9BrF3NO/c11-15(9(16)10(12,13)14)7-6-8-4-2-1-3-5-8/h1-5H,6-7H2. The third-order valence-corrected chi connectivity index (χ3v) is 2.58. The zero-order valence-corrected chi connectivity index (χ0v) is 9.75. The molecule has 0 saturated carbocycles. The maximum Gasteiger partial charge on any atom is 0.472 e. The van der Waals surface area contributed by atoms with Crippen molar-refractivity contribution in [3.05, 3.63) is 35.9 Å². The van der Waals surface area contributed by atoms with Crippen LogP contribution in [-0.4, -0.2) is 22.6 Å². The first-order chi connectivity index (χ1) is 7.41. The molecule has 0 aliphatic heterocycles. The van der Waals surface area contributed by atoms with Crippen LogP contribution in [0.3, 0.4) is 0 Å². The van der Waals surface area contributed by atoms with Crippen molar-refractivity contribution < 1.29 is 18.0 Å². The number of halogens is 4. The van der Waals surface area contributed by atoms with Gasteiger partial charge in [0.1, 0.15) is 0 Å². The summed E-state index contributed by atoms with van der Waals surface area (Å²) in [7, 11) is 0. The van der Waals surface area contributed by atoms with Crippen molar-refractivity contribution in [2.75, 3.05) is 6.54 Å². The Hall–Kier alpha value is -1.04. The van der Waals surface area contributed by atoms with Gasteiger partial charge in [-0.15, -0.1) is 0 Å². The predicted octanol–water partition coefficient (Wildman–Crippen LogP) is 2.93. The van der Waals surface area contributed by atoms with E-state index in [1.54, 1.807) is 24.3 Å². The summed E-state index contributed by atoms with van der Waals surface area (Å²) in [5, 5.41) is 0. The van der Waals surface area contributed by atoms with Crippen LogP contribution in [0.1, 0.15) is 5.56 Å². The Morgan fingerprint density at radius 1 is 1.25 bits per heavy atom. The van der Waals surface area contributed by atoms with Crippen molar-refractivity contribution in [1.29, 1.82) is 0 Å². The van der Waals surface area contributed by atoms with Gasteiger partial charge in [-0.3, -0.25) is 8.72 Å². The monoisotopic (exact) mass is 295 g/mol. The molecule has 0 aromatic heterocycles. The molecule has 1 aromatic carbocycles. The van der Waals surface area contributed by atoms with Gasteiger partial charge in [-0.1, -0.05) is 30.3 Å². The minimum Gasteiger partial charge on any atom is -0.271 e. The first-order valence-electron chi connectivity index (χ1n) is 4.49. The number of hydrogen-bond donors (Lipinski definition) is 0. The Morgan fingerprint density at radius 3 is 2.31 bits per heavy atom. The van der Waals surface area contributed by atoms with Crippen molar-refractivity contribution in [3.8, 4) is 0 Å². The number of amides is 1. The molecule has 16 heavy (non-hydrogen) atoms. The van der Waals surface area contributed by atoms with Crippen molar-refractivity contribution >= 4 is 22.1 Å². The normalized spacial score (nSPS) is 11.2. The highest BCUT2D eigenvalue weighted by Crippen LogP contribution is 2.20. The van der Waals surface area contributed by atoms with E-state index in [9.17, 15) is 18.0 Å². The van der Waals surface area contributed by atoms with Crippen LogP contribution in [-0.2, 0) is 11.2 Å². The number of alkyl halides is 3. The molecule has 1 aromatic rings. The molecule has 0 N–H and O–H groups in total. The molecule has 88 valence electrons. The lowest BCUT2D eigenvalue weighted by atomic mass is 10.1. The van der Waals surface area contributed by atoms with E-state index >= 15 is 0 Å². The van der Waals surface area contributed by atoms with Gasteiger partial charge in [-0.05, 0) is 12.0 Å².